The highest BCUT2D eigenvalue weighted by molar-refractivity contribution is 6.35. The maximum Gasteiger partial charge on any atom is 0.321 e. The third kappa shape index (κ3) is 7.62. The van der Waals surface area contributed by atoms with Gasteiger partial charge in [0.15, 0.2) is 0 Å². The molecule has 1 aromatic carbocycles. The van der Waals surface area contributed by atoms with Crippen LogP contribution in [0.4, 0.5) is 5.69 Å². The molecule has 0 fully saturated rings. The number of aliphatic carboxylic acids is 1. The SMILES string of the molecule is O=C(CC(NCCOCCO)C(=O)O)Nc1cc(Cl)ccc1Cl. The maximum absolute atomic E-state index is 11.9. The Balaban J connectivity index is 2.50. The van der Waals surface area contributed by atoms with Gasteiger partial charge in [-0.2, -0.15) is 0 Å². The van der Waals surface area contributed by atoms with Gasteiger partial charge >= 0.3 is 5.97 Å². The van der Waals surface area contributed by atoms with Crippen LogP contribution in [0.2, 0.25) is 10.0 Å². The summed E-state index contributed by atoms with van der Waals surface area (Å²) in [5.74, 6) is -1.66. The first kappa shape index (κ1) is 19.7. The third-order valence-corrected chi connectivity index (χ3v) is 3.33. The number of amides is 1. The predicted molar refractivity (Wildman–Crippen MR) is 87.0 cm³/mol. The van der Waals surface area contributed by atoms with Crippen LogP contribution >= 0.6 is 23.2 Å². The lowest BCUT2D eigenvalue weighted by Crippen LogP contribution is -2.41. The topological polar surface area (TPSA) is 108 Å². The van der Waals surface area contributed by atoms with Gasteiger partial charge in [-0.05, 0) is 18.2 Å². The largest absolute Gasteiger partial charge is 0.480 e. The fourth-order valence-corrected chi connectivity index (χ4v) is 2.04. The molecule has 0 saturated heterocycles. The summed E-state index contributed by atoms with van der Waals surface area (Å²) in [6.07, 6.45) is -0.280. The zero-order chi connectivity index (χ0) is 17.2. The first-order valence-electron chi connectivity index (χ1n) is 6.83. The van der Waals surface area contributed by atoms with Crippen LogP contribution in [-0.2, 0) is 14.3 Å². The van der Waals surface area contributed by atoms with E-state index in [0.29, 0.717) is 15.7 Å². The number of nitrogens with one attached hydrogen (secondary N) is 2. The van der Waals surface area contributed by atoms with E-state index >= 15 is 0 Å². The summed E-state index contributed by atoms with van der Waals surface area (Å²) in [6, 6.07) is 3.53. The summed E-state index contributed by atoms with van der Waals surface area (Å²) in [5.41, 5.74) is 0.319. The summed E-state index contributed by atoms with van der Waals surface area (Å²) in [6.45, 7) is 0.534. The summed E-state index contributed by atoms with van der Waals surface area (Å²) >= 11 is 11.7. The molecule has 0 aliphatic heterocycles. The first-order chi connectivity index (χ1) is 10.9. The summed E-state index contributed by atoms with van der Waals surface area (Å²) in [4.78, 5) is 23.1. The molecule has 0 aliphatic rings. The van der Waals surface area contributed by atoms with E-state index in [2.05, 4.69) is 10.6 Å². The molecule has 0 saturated carbocycles. The Kier molecular flexibility index (Phi) is 8.90. The summed E-state index contributed by atoms with van der Waals surface area (Å²) in [7, 11) is 0. The van der Waals surface area contributed by atoms with Crippen LogP contribution in [0.3, 0.4) is 0 Å². The number of benzene rings is 1. The van der Waals surface area contributed by atoms with Crippen molar-refractivity contribution in [1.29, 1.82) is 0 Å². The molecule has 0 aromatic heterocycles. The smallest absolute Gasteiger partial charge is 0.321 e. The van der Waals surface area contributed by atoms with Crippen LogP contribution in [0.5, 0.6) is 0 Å². The van der Waals surface area contributed by atoms with Crippen molar-refractivity contribution in [3.63, 3.8) is 0 Å². The minimum absolute atomic E-state index is 0.106. The van der Waals surface area contributed by atoms with Crippen LogP contribution in [0.25, 0.3) is 0 Å². The first-order valence-corrected chi connectivity index (χ1v) is 7.59. The number of aliphatic hydroxyl groups excluding tert-OH is 1. The predicted octanol–water partition coefficient (Wildman–Crippen LogP) is 1.37. The lowest BCUT2D eigenvalue weighted by Gasteiger charge is -2.15. The van der Waals surface area contributed by atoms with Gasteiger partial charge in [0.05, 0.1) is 37.0 Å². The number of halogens is 2. The third-order valence-electron chi connectivity index (χ3n) is 2.76. The number of anilines is 1. The van der Waals surface area contributed by atoms with E-state index in [4.69, 9.17) is 38.2 Å². The van der Waals surface area contributed by atoms with Crippen LogP contribution in [0.15, 0.2) is 18.2 Å². The Labute approximate surface area is 143 Å². The molecule has 1 rings (SSSR count). The minimum Gasteiger partial charge on any atom is -0.480 e. The molecular weight excluding hydrogens is 347 g/mol. The fraction of sp³-hybridized carbons (Fsp3) is 0.429. The molecule has 0 bridgehead atoms. The van der Waals surface area contributed by atoms with E-state index in [1.54, 1.807) is 6.07 Å². The van der Waals surface area contributed by atoms with E-state index in [1.807, 2.05) is 0 Å². The molecule has 0 spiro atoms. The Morgan fingerprint density at radius 3 is 2.65 bits per heavy atom. The van der Waals surface area contributed by atoms with E-state index in [-0.39, 0.29) is 32.8 Å². The zero-order valence-corrected chi connectivity index (χ0v) is 13.7. The van der Waals surface area contributed by atoms with Gasteiger partial charge < -0.3 is 25.6 Å². The number of carbonyl (C=O) groups excluding carboxylic acids is 1. The van der Waals surface area contributed by atoms with Crippen LogP contribution in [0, 0.1) is 0 Å². The number of aliphatic hydroxyl groups is 1. The lowest BCUT2D eigenvalue weighted by atomic mass is 10.2. The van der Waals surface area contributed by atoms with E-state index in [9.17, 15) is 9.59 Å². The molecule has 1 aromatic rings. The van der Waals surface area contributed by atoms with Gasteiger partial charge in [-0.15, -0.1) is 0 Å². The minimum atomic E-state index is -1.15. The van der Waals surface area contributed by atoms with E-state index in [1.165, 1.54) is 12.1 Å². The molecule has 1 unspecified atom stereocenters. The second-order valence-electron chi connectivity index (χ2n) is 4.56. The molecule has 9 heteroatoms. The Morgan fingerprint density at radius 1 is 1.26 bits per heavy atom. The van der Waals surface area contributed by atoms with Crippen molar-refractivity contribution in [3.05, 3.63) is 28.2 Å². The van der Waals surface area contributed by atoms with Gasteiger partial charge in [-0.3, -0.25) is 9.59 Å². The molecule has 1 amide bonds. The van der Waals surface area contributed by atoms with Gasteiger partial charge in [-0.1, -0.05) is 23.2 Å². The number of hydrogen-bond acceptors (Lipinski definition) is 5. The standard InChI is InChI=1S/C14H18Cl2N2O5/c15-9-1-2-10(16)11(7-9)18-13(20)8-12(14(21)22)17-3-5-23-6-4-19/h1-2,7,12,17,19H,3-6,8H2,(H,18,20)(H,21,22). The average Bonchev–Trinajstić information content (AvgIpc) is 2.49. The highest BCUT2D eigenvalue weighted by atomic mass is 35.5. The highest BCUT2D eigenvalue weighted by Gasteiger charge is 2.21. The number of ether oxygens (including phenoxy) is 1. The number of carboxylic acid groups (broad SMARTS) is 1. The lowest BCUT2D eigenvalue weighted by molar-refractivity contribution is -0.141. The van der Waals surface area contributed by atoms with E-state index in [0.717, 1.165) is 0 Å². The molecule has 0 heterocycles. The van der Waals surface area contributed by atoms with Crippen molar-refractivity contribution >= 4 is 40.8 Å². The van der Waals surface area contributed by atoms with E-state index < -0.39 is 17.9 Å². The summed E-state index contributed by atoms with van der Waals surface area (Å²) < 4.78 is 5.00. The normalized spacial score (nSPS) is 12.0. The van der Waals surface area contributed by atoms with Crippen LogP contribution in [-0.4, -0.2) is 54.5 Å². The fourth-order valence-electron chi connectivity index (χ4n) is 1.70. The van der Waals surface area contributed by atoms with Crippen molar-refractivity contribution in [2.24, 2.45) is 0 Å². The van der Waals surface area contributed by atoms with Crippen LogP contribution in [0.1, 0.15) is 6.42 Å². The molecule has 0 aliphatic carbocycles. The van der Waals surface area contributed by atoms with Gasteiger partial charge in [0, 0.05) is 11.6 Å². The van der Waals surface area contributed by atoms with Gasteiger partial charge in [0.1, 0.15) is 6.04 Å². The van der Waals surface area contributed by atoms with Gasteiger partial charge in [-0.25, -0.2) is 0 Å². The highest BCUT2D eigenvalue weighted by Crippen LogP contribution is 2.25. The monoisotopic (exact) mass is 364 g/mol. The average molecular weight is 365 g/mol. The Hall–Kier alpha value is -1.38. The van der Waals surface area contributed by atoms with Crippen LogP contribution < -0.4 is 10.6 Å². The Bertz CT molecular complexity index is 542. The maximum atomic E-state index is 11.9. The molecule has 1 atom stereocenters. The quantitative estimate of drug-likeness (QED) is 0.467. The number of carbonyl (C=O) groups is 2. The molecule has 0 radical (unpaired) electrons. The van der Waals surface area contributed by atoms with Crippen molar-refractivity contribution < 1.29 is 24.5 Å². The van der Waals surface area contributed by atoms with Gasteiger partial charge in [0.25, 0.3) is 0 Å². The zero-order valence-electron chi connectivity index (χ0n) is 12.2. The van der Waals surface area contributed by atoms with Crippen molar-refractivity contribution in [2.45, 2.75) is 12.5 Å². The number of carboxylic acids is 1. The summed E-state index contributed by atoms with van der Waals surface area (Å²) in [5, 5.41) is 23.6. The second kappa shape index (κ2) is 10.4. The molecule has 23 heavy (non-hydrogen) atoms. The molecule has 7 nitrogen and oxygen atoms in total. The van der Waals surface area contributed by atoms with Gasteiger partial charge in [0.2, 0.25) is 5.91 Å². The van der Waals surface area contributed by atoms with Crippen molar-refractivity contribution in [1.82, 2.24) is 5.32 Å². The second-order valence-corrected chi connectivity index (χ2v) is 5.40. The number of rotatable bonds is 10. The van der Waals surface area contributed by atoms with Crippen molar-refractivity contribution in [3.8, 4) is 0 Å². The molecular formula is C14H18Cl2N2O5. The number of hydrogen-bond donors (Lipinski definition) is 4. The molecule has 4 N–H and O–H groups in total. The Morgan fingerprint density at radius 2 is 2.00 bits per heavy atom. The van der Waals surface area contributed by atoms with Crippen molar-refractivity contribution in [2.75, 3.05) is 31.7 Å². The molecule has 128 valence electrons.